The van der Waals surface area contributed by atoms with Gasteiger partial charge in [-0.05, 0) is 24.8 Å². The van der Waals surface area contributed by atoms with E-state index in [1.807, 2.05) is 0 Å². The lowest BCUT2D eigenvalue weighted by Crippen LogP contribution is -2.07. The summed E-state index contributed by atoms with van der Waals surface area (Å²) in [5.41, 5.74) is 0. The van der Waals surface area contributed by atoms with Crippen LogP contribution in [-0.4, -0.2) is 23.1 Å². The fourth-order valence-electron chi connectivity index (χ4n) is 1.99. The second-order valence-electron chi connectivity index (χ2n) is 4.55. The Bertz CT molecular complexity index is 509. The molecule has 0 spiro atoms. The van der Waals surface area contributed by atoms with Gasteiger partial charge in [0.15, 0.2) is 0 Å². The third-order valence-electron chi connectivity index (χ3n) is 2.98. The number of unbranched alkanes of at least 4 members (excludes halogenated alkanes) is 3. The molecule has 104 valence electrons. The molecular formula is C14H22N4S. The summed E-state index contributed by atoms with van der Waals surface area (Å²) in [5, 5.41) is 9.83. The maximum Gasteiger partial charge on any atom is 0.226 e. The van der Waals surface area contributed by atoms with Crippen LogP contribution in [0, 0.1) is 0 Å². The van der Waals surface area contributed by atoms with Crippen LogP contribution in [0.15, 0.2) is 11.4 Å². The van der Waals surface area contributed by atoms with Gasteiger partial charge in [0.05, 0.1) is 5.39 Å². The van der Waals surface area contributed by atoms with Gasteiger partial charge in [0.1, 0.15) is 10.6 Å². The molecule has 0 aliphatic rings. The first kappa shape index (κ1) is 14.1. The first-order valence-corrected chi connectivity index (χ1v) is 7.96. The molecule has 2 aromatic rings. The molecule has 0 amide bonds. The minimum absolute atomic E-state index is 0.716. The Morgan fingerprint density at radius 1 is 1.11 bits per heavy atom. The topological polar surface area (TPSA) is 49.8 Å². The lowest BCUT2D eigenvalue weighted by molar-refractivity contribution is 0.684. The fraction of sp³-hybridized carbons (Fsp3) is 0.571. The molecule has 4 nitrogen and oxygen atoms in total. The Kier molecular flexibility index (Phi) is 5.39. The van der Waals surface area contributed by atoms with Crippen molar-refractivity contribution in [1.29, 1.82) is 0 Å². The van der Waals surface area contributed by atoms with Crippen molar-refractivity contribution in [2.24, 2.45) is 0 Å². The van der Waals surface area contributed by atoms with Crippen LogP contribution in [0.2, 0.25) is 0 Å². The van der Waals surface area contributed by atoms with Crippen LogP contribution in [0.5, 0.6) is 0 Å². The van der Waals surface area contributed by atoms with Crippen molar-refractivity contribution in [2.45, 2.75) is 39.5 Å². The lowest BCUT2D eigenvalue weighted by Gasteiger charge is -2.09. The molecule has 2 rings (SSSR count). The molecule has 5 heteroatoms. The average molecular weight is 278 g/mol. The van der Waals surface area contributed by atoms with E-state index >= 15 is 0 Å². The molecule has 2 heterocycles. The maximum absolute atomic E-state index is 4.55. The largest absolute Gasteiger partial charge is 0.369 e. The van der Waals surface area contributed by atoms with Crippen molar-refractivity contribution < 1.29 is 0 Å². The van der Waals surface area contributed by atoms with Gasteiger partial charge in [-0.1, -0.05) is 26.2 Å². The van der Waals surface area contributed by atoms with Gasteiger partial charge in [0.2, 0.25) is 5.95 Å². The predicted octanol–water partition coefficient (Wildman–Crippen LogP) is 4.12. The van der Waals surface area contributed by atoms with E-state index in [9.17, 15) is 0 Å². The molecule has 0 radical (unpaired) electrons. The van der Waals surface area contributed by atoms with Crippen LogP contribution in [0.1, 0.15) is 39.5 Å². The summed E-state index contributed by atoms with van der Waals surface area (Å²) in [7, 11) is 0. The number of thiophene rings is 1. The Morgan fingerprint density at radius 2 is 2.00 bits per heavy atom. The van der Waals surface area contributed by atoms with E-state index in [-0.39, 0.29) is 0 Å². The van der Waals surface area contributed by atoms with Crippen LogP contribution >= 0.6 is 11.3 Å². The van der Waals surface area contributed by atoms with Crippen molar-refractivity contribution in [1.82, 2.24) is 9.97 Å². The molecule has 2 aromatic heterocycles. The Hall–Kier alpha value is -1.36. The Labute approximate surface area is 118 Å². The molecule has 0 fully saturated rings. The fourth-order valence-corrected chi connectivity index (χ4v) is 2.75. The number of hydrogen-bond donors (Lipinski definition) is 2. The summed E-state index contributed by atoms with van der Waals surface area (Å²) in [4.78, 5) is 10.1. The first-order chi connectivity index (χ1) is 9.35. The van der Waals surface area contributed by atoms with Gasteiger partial charge in [0, 0.05) is 13.1 Å². The highest BCUT2D eigenvalue weighted by Gasteiger charge is 2.07. The maximum atomic E-state index is 4.55. The second-order valence-corrected chi connectivity index (χ2v) is 5.45. The highest BCUT2D eigenvalue weighted by Crippen LogP contribution is 2.26. The van der Waals surface area contributed by atoms with Crippen LogP contribution in [0.25, 0.3) is 10.2 Å². The molecule has 0 bridgehead atoms. The van der Waals surface area contributed by atoms with E-state index < -0.39 is 0 Å². The molecule has 0 unspecified atom stereocenters. The van der Waals surface area contributed by atoms with Gasteiger partial charge in [0.25, 0.3) is 0 Å². The Balaban J connectivity index is 2.04. The standard InChI is InChI=1S/C14H22N4S/c1-3-5-6-7-9-16-12-11-8-10-19-13(11)18-14(17-12)15-4-2/h8,10H,3-7,9H2,1-2H3,(H2,15,16,17,18). The van der Waals surface area contributed by atoms with Gasteiger partial charge < -0.3 is 10.6 Å². The van der Waals surface area contributed by atoms with Crippen molar-refractivity contribution in [3.63, 3.8) is 0 Å². The molecule has 0 saturated heterocycles. The van der Waals surface area contributed by atoms with E-state index in [4.69, 9.17) is 0 Å². The van der Waals surface area contributed by atoms with Crippen molar-refractivity contribution in [3.8, 4) is 0 Å². The third kappa shape index (κ3) is 3.80. The molecule has 19 heavy (non-hydrogen) atoms. The van der Waals surface area contributed by atoms with Gasteiger partial charge in [-0.2, -0.15) is 4.98 Å². The van der Waals surface area contributed by atoms with Crippen molar-refractivity contribution in [2.75, 3.05) is 23.7 Å². The predicted molar refractivity (Wildman–Crippen MR) is 84.2 cm³/mol. The van der Waals surface area contributed by atoms with Crippen LogP contribution in [0.4, 0.5) is 11.8 Å². The number of anilines is 2. The summed E-state index contributed by atoms with van der Waals surface area (Å²) < 4.78 is 0. The molecule has 0 aromatic carbocycles. The van der Waals surface area contributed by atoms with Crippen LogP contribution < -0.4 is 10.6 Å². The monoisotopic (exact) mass is 278 g/mol. The van der Waals surface area contributed by atoms with Crippen molar-refractivity contribution in [3.05, 3.63) is 11.4 Å². The second kappa shape index (κ2) is 7.28. The van der Waals surface area contributed by atoms with E-state index in [1.54, 1.807) is 11.3 Å². The van der Waals surface area contributed by atoms with Gasteiger partial charge in [-0.25, -0.2) is 4.98 Å². The summed E-state index contributed by atoms with van der Waals surface area (Å²) in [6.07, 6.45) is 5.05. The molecule has 0 aliphatic carbocycles. The van der Waals surface area contributed by atoms with Gasteiger partial charge >= 0.3 is 0 Å². The molecule has 0 aliphatic heterocycles. The van der Waals surface area contributed by atoms with E-state index in [2.05, 4.69) is 45.9 Å². The SMILES string of the molecule is CCCCCCNc1nc(NCC)nc2sccc12. The number of fused-ring (bicyclic) bond motifs is 1. The minimum atomic E-state index is 0.716. The highest BCUT2D eigenvalue weighted by molar-refractivity contribution is 7.16. The molecule has 0 saturated carbocycles. The third-order valence-corrected chi connectivity index (χ3v) is 3.79. The van der Waals surface area contributed by atoms with E-state index in [0.717, 1.165) is 29.1 Å². The van der Waals surface area contributed by atoms with E-state index in [0.29, 0.717) is 5.95 Å². The van der Waals surface area contributed by atoms with Crippen LogP contribution in [-0.2, 0) is 0 Å². The average Bonchev–Trinajstić information content (AvgIpc) is 2.87. The number of nitrogens with zero attached hydrogens (tertiary/aromatic N) is 2. The zero-order chi connectivity index (χ0) is 13.5. The Morgan fingerprint density at radius 3 is 2.79 bits per heavy atom. The van der Waals surface area contributed by atoms with Crippen LogP contribution in [0.3, 0.4) is 0 Å². The lowest BCUT2D eigenvalue weighted by atomic mass is 10.2. The summed E-state index contributed by atoms with van der Waals surface area (Å²) in [6.45, 7) is 6.11. The highest BCUT2D eigenvalue weighted by atomic mass is 32.1. The van der Waals surface area contributed by atoms with Gasteiger partial charge in [-0.15, -0.1) is 11.3 Å². The summed E-state index contributed by atoms with van der Waals surface area (Å²) in [5.74, 6) is 1.67. The smallest absolute Gasteiger partial charge is 0.226 e. The summed E-state index contributed by atoms with van der Waals surface area (Å²) in [6, 6.07) is 2.09. The zero-order valence-electron chi connectivity index (χ0n) is 11.7. The molecular weight excluding hydrogens is 256 g/mol. The summed E-state index contributed by atoms with van der Waals surface area (Å²) >= 11 is 1.66. The van der Waals surface area contributed by atoms with Crippen molar-refractivity contribution >= 4 is 33.3 Å². The number of aromatic nitrogens is 2. The minimum Gasteiger partial charge on any atom is -0.369 e. The first-order valence-electron chi connectivity index (χ1n) is 7.08. The quantitative estimate of drug-likeness (QED) is 0.713. The molecule has 2 N–H and O–H groups in total. The van der Waals surface area contributed by atoms with Gasteiger partial charge in [-0.3, -0.25) is 0 Å². The zero-order valence-corrected chi connectivity index (χ0v) is 12.5. The normalized spacial score (nSPS) is 10.8. The molecule has 0 atom stereocenters. The number of nitrogens with one attached hydrogen (secondary N) is 2. The number of hydrogen-bond acceptors (Lipinski definition) is 5. The van der Waals surface area contributed by atoms with E-state index in [1.165, 1.54) is 25.7 Å². The number of rotatable bonds is 8.